The van der Waals surface area contributed by atoms with Gasteiger partial charge < -0.3 is 10.2 Å². The molecule has 1 aromatic rings. The summed E-state index contributed by atoms with van der Waals surface area (Å²) in [5.74, 6) is 0. The summed E-state index contributed by atoms with van der Waals surface area (Å²) in [5, 5.41) is 4.42. The summed E-state index contributed by atoms with van der Waals surface area (Å²) in [7, 11) is 0. The molecule has 1 aliphatic heterocycles. The minimum Gasteiger partial charge on any atom is -0.363 e. The van der Waals surface area contributed by atoms with Gasteiger partial charge in [0.05, 0.1) is 5.54 Å². The average Bonchev–Trinajstić information content (AvgIpc) is 2.80. The molecule has 2 aliphatic rings. The Morgan fingerprint density at radius 2 is 2.06 bits per heavy atom. The molecular weight excluding hydrogens is 244 g/mol. The fourth-order valence-electron chi connectivity index (χ4n) is 3.62. The summed E-state index contributed by atoms with van der Waals surface area (Å²) in [6, 6.07) is 6.30. The maximum Gasteiger partial charge on any atom is 0.0527 e. The zero-order chi connectivity index (χ0) is 12.6. The molecule has 1 saturated carbocycles. The number of halogens is 1. The second-order valence-corrected chi connectivity index (χ2v) is 6.13. The van der Waals surface area contributed by atoms with Gasteiger partial charge in [-0.25, -0.2) is 0 Å². The topological polar surface area (TPSA) is 15.3 Å². The van der Waals surface area contributed by atoms with E-state index in [0.717, 1.165) is 24.7 Å². The van der Waals surface area contributed by atoms with Crippen LogP contribution >= 0.6 is 11.6 Å². The number of nitrogens with one attached hydrogen (secondary N) is 1. The van der Waals surface area contributed by atoms with Gasteiger partial charge in [0.15, 0.2) is 0 Å². The first kappa shape index (κ1) is 12.3. The third-order valence-electron chi connectivity index (χ3n) is 4.52. The fourth-order valence-corrected chi connectivity index (χ4v) is 3.85. The van der Waals surface area contributed by atoms with Crippen molar-refractivity contribution in [2.24, 2.45) is 0 Å². The van der Waals surface area contributed by atoms with Crippen LogP contribution in [0.4, 0.5) is 5.69 Å². The van der Waals surface area contributed by atoms with Gasteiger partial charge in [-0.15, -0.1) is 0 Å². The van der Waals surface area contributed by atoms with Gasteiger partial charge >= 0.3 is 0 Å². The third kappa shape index (κ3) is 2.02. The summed E-state index contributed by atoms with van der Waals surface area (Å²) in [5.41, 5.74) is 3.04. The Labute approximate surface area is 114 Å². The van der Waals surface area contributed by atoms with E-state index in [2.05, 4.69) is 29.3 Å². The fraction of sp³-hybridized carbons (Fsp3) is 0.600. The number of piperazine rings is 1. The van der Waals surface area contributed by atoms with Crippen molar-refractivity contribution in [3.63, 3.8) is 0 Å². The van der Waals surface area contributed by atoms with E-state index in [-0.39, 0.29) is 0 Å². The van der Waals surface area contributed by atoms with Crippen molar-refractivity contribution in [2.45, 2.75) is 38.1 Å². The lowest BCUT2D eigenvalue weighted by molar-refractivity contribution is 0.332. The van der Waals surface area contributed by atoms with E-state index in [1.165, 1.54) is 36.9 Å². The standard InChI is InChI=1S/C15H21ClN2/c1-12-10-13(16)4-5-14(12)18-9-8-17-11-15(18)6-2-3-7-15/h4-5,10,17H,2-3,6-9,11H2,1H3. The van der Waals surface area contributed by atoms with Crippen LogP contribution in [0.2, 0.25) is 5.02 Å². The van der Waals surface area contributed by atoms with Crippen molar-refractivity contribution in [2.75, 3.05) is 24.5 Å². The molecule has 2 fully saturated rings. The number of anilines is 1. The number of benzene rings is 1. The smallest absolute Gasteiger partial charge is 0.0527 e. The van der Waals surface area contributed by atoms with Crippen molar-refractivity contribution in [3.05, 3.63) is 28.8 Å². The highest BCUT2D eigenvalue weighted by Crippen LogP contribution is 2.40. The highest BCUT2D eigenvalue weighted by Gasteiger charge is 2.41. The Kier molecular flexibility index (Phi) is 3.25. The molecule has 3 heteroatoms. The molecule has 1 aliphatic carbocycles. The highest BCUT2D eigenvalue weighted by atomic mass is 35.5. The molecule has 1 saturated heterocycles. The molecule has 18 heavy (non-hydrogen) atoms. The Balaban J connectivity index is 1.97. The lowest BCUT2D eigenvalue weighted by Crippen LogP contribution is -2.60. The number of aryl methyl sites for hydroxylation is 1. The minimum atomic E-state index is 0.358. The van der Waals surface area contributed by atoms with E-state index < -0.39 is 0 Å². The van der Waals surface area contributed by atoms with E-state index in [1.807, 2.05) is 6.07 Å². The van der Waals surface area contributed by atoms with E-state index in [0.29, 0.717) is 5.54 Å². The molecule has 1 N–H and O–H groups in total. The predicted octanol–water partition coefficient (Wildman–Crippen LogP) is 3.37. The first-order valence-electron chi connectivity index (χ1n) is 6.96. The van der Waals surface area contributed by atoms with Gasteiger partial charge in [0, 0.05) is 30.3 Å². The van der Waals surface area contributed by atoms with Gasteiger partial charge in [-0.2, -0.15) is 0 Å². The predicted molar refractivity (Wildman–Crippen MR) is 77.6 cm³/mol. The van der Waals surface area contributed by atoms with Crippen LogP contribution in [0, 0.1) is 6.92 Å². The Bertz CT molecular complexity index is 438. The minimum absolute atomic E-state index is 0.358. The first-order valence-corrected chi connectivity index (χ1v) is 7.34. The molecule has 1 spiro atoms. The monoisotopic (exact) mass is 264 g/mol. The van der Waals surface area contributed by atoms with Crippen LogP contribution in [-0.4, -0.2) is 25.2 Å². The Morgan fingerprint density at radius 3 is 2.78 bits per heavy atom. The van der Waals surface area contributed by atoms with Gasteiger partial charge in [-0.3, -0.25) is 0 Å². The van der Waals surface area contributed by atoms with Gasteiger partial charge in [0.1, 0.15) is 0 Å². The third-order valence-corrected chi connectivity index (χ3v) is 4.76. The highest BCUT2D eigenvalue weighted by molar-refractivity contribution is 6.30. The second kappa shape index (κ2) is 4.75. The van der Waals surface area contributed by atoms with Crippen LogP contribution in [0.1, 0.15) is 31.2 Å². The number of rotatable bonds is 1. The van der Waals surface area contributed by atoms with Crippen molar-refractivity contribution < 1.29 is 0 Å². The average molecular weight is 265 g/mol. The summed E-state index contributed by atoms with van der Waals surface area (Å²) < 4.78 is 0. The summed E-state index contributed by atoms with van der Waals surface area (Å²) >= 11 is 6.08. The van der Waals surface area contributed by atoms with Gasteiger partial charge in [-0.1, -0.05) is 24.4 Å². The van der Waals surface area contributed by atoms with E-state index >= 15 is 0 Å². The summed E-state index contributed by atoms with van der Waals surface area (Å²) in [6.45, 7) is 5.51. The molecular formula is C15H21ClN2. The summed E-state index contributed by atoms with van der Waals surface area (Å²) in [4.78, 5) is 2.64. The quantitative estimate of drug-likeness (QED) is 0.837. The van der Waals surface area contributed by atoms with Crippen LogP contribution in [0.5, 0.6) is 0 Å². The maximum atomic E-state index is 6.08. The van der Waals surface area contributed by atoms with E-state index in [9.17, 15) is 0 Å². The molecule has 0 aromatic heterocycles. The van der Waals surface area contributed by atoms with Crippen LogP contribution < -0.4 is 10.2 Å². The molecule has 0 radical (unpaired) electrons. The second-order valence-electron chi connectivity index (χ2n) is 5.69. The largest absolute Gasteiger partial charge is 0.363 e. The molecule has 98 valence electrons. The zero-order valence-electron chi connectivity index (χ0n) is 11.0. The number of nitrogens with zero attached hydrogens (tertiary/aromatic N) is 1. The van der Waals surface area contributed by atoms with Gasteiger partial charge in [0.25, 0.3) is 0 Å². The molecule has 0 unspecified atom stereocenters. The molecule has 0 amide bonds. The SMILES string of the molecule is Cc1cc(Cl)ccc1N1CCNCC12CCCC2. The molecule has 2 nitrogen and oxygen atoms in total. The van der Waals surface area contributed by atoms with Gasteiger partial charge in [0.2, 0.25) is 0 Å². The van der Waals surface area contributed by atoms with Crippen LogP contribution in [0.3, 0.4) is 0 Å². The van der Waals surface area contributed by atoms with Crippen molar-refractivity contribution in [1.82, 2.24) is 5.32 Å². The lowest BCUT2D eigenvalue weighted by atomic mass is 9.91. The van der Waals surface area contributed by atoms with Crippen LogP contribution in [0.15, 0.2) is 18.2 Å². The number of hydrogen-bond acceptors (Lipinski definition) is 2. The van der Waals surface area contributed by atoms with Crippen molar-refractivity contribution >= 4 is 17.3 Å². The number of hydrogen-bond donors (Lipinski definition) is 1. The maximum absolute atomic E-state index is 6.08. The Morgan fingerprint density at radius 1 is 1.28 bits per heavy atom. The zero-order valence-corrected chi connectivity index (χ0v) is 11.8. The van der Waals surface area contributed by atoms with Crippen LogP contribution in [-0.2, 0) is 0 Å². The van der Waals surface area contributed by atoms with E-state index in [1.54, 1.807) is 0 Å². The molecule has 0 bridgehead atoms. The molecule has 0 atom stereocenters. The lowest BCUT2D eigenvalue weighted by Gasteiger charge is -2.47. The van der Waals surface area contributed by atoms with Crippen LogP contribution in [0.25, 0.3) is 0 Å². The Hall–Kier alpha value is -0.730. The summed E-state index contributed by atoms with van der Waals surface area (Å²) in [6.07, 6.45) is 5.37. The molecule has 1 heterocycles. The van der Waals surface area contributed by atoms with Crippen molar-refractivity contribution in [3.8, 4) is 0 Å². The first-order chi connectivity index (χ1) is 8.71. The molecule has 1 aromatic carbocycles. The van der Waals surface area contributed by atoms with E-state index in [4.69, 9.17) is 11.6 Å². The van der Waals surface area contributed by atoms with Crippen molar-refractivity contribution in [1.29, 1.82) is 0 Å². The normalized spacial score (nSPS) is 22.7. The van der Waals surface area contributed by atoms with Gasteiger partial charge in [-0.05, 0) is 43.5 Å². The molecule has 3 rings (SSSR count).